The summed E-state index contributed by atoms with van der Waals surface area (Å²) < 4.78 is 5.47. The molecule has 1 aromatic heterocycles. The first-order chi connectivity index (χ1) is 7.76. The number of nitrogens with one attached hydrogen (secondary N) is 1. The van der Waals surface area contributed by atoms with Gasteiger partial charge < -0.3 is 10.1 Å². The summed E-state index contributed by atoms with van der Waals surface area (Å²) in [6, 6.07) is 1.84. The number of aryl methyl sites for hydroxylation is 1. The Labute approximate surface area is 96.8 Å². The van der Waals surface area contributed by atoms with Gasteiger partial charge in [-0.25, -0.2) is 4.98 Å². The highest BCUT2D eigenvalue weighted by atomic mass is 16.5. The van der Waals surface area contributed by atoms with Gasteiger partial charge in [0.25, 0.3) is 0 Å². The maximum atomic E-state index is 5.47. The van der Waals surface area contributed by atoms with Crippen molar-refractivity contribution in [2.24, 2.45) is 0 Å². The fourth-order valence-corrected chi connectivity index (χ4v) is 1.19. The zero-order valence-corrected chi connectivity index (χ0v) is 9.99. The second kappa shape index (κ2) is 6.82. The van der Waals surface area contributed by atoms with Crippen molar-refractivity contribution in [2.45, 2.75) is 26.7 Å². The van der Waals surface area contributed by atoms with Crippen LogP contribution in [0.2, 0.25) is 0 Å². The van der Waals surface area contributed by atoms with E-state index in [-0.39, 0.29) is 0 Å². The fourth-order valence-electron chi connectivity index (χ4n) is 1.19. The molecule has 0 aliphatic carbocycles. The Morgan fingerprint density at radius 2 is 2.31 bits per heavy atom. The Kier molecular flexibility index (Phi) is 5.32. The van der Waals surface area contributed by atoms with Crippen molar-refractivity contribution in [1.29, 1.82) is 0 Å². The van der Waals surface area contributed by atoms with E-state index in [4.69, 9.17) is 4.74 Å². The molecule has 0 aliphatic rings. The van der Waals surface area contributed by atoms with Crippen molar-refractivity contribution in [2.75, 3.05) is 18.5 Å². The molecule has 1 aromatic rings. The van der Waals surface area contributed by atoms with Crippen molar-refractivity contribution in [3.05, 3.63) is 24.4 Å². The maximum absolute atomic E-state index is 5.47. The van der Waals surface area contributed by atoms with Gasteiger partial charge in [-0.15, -0.1) is 6.58 Å². The summed E-state index contributed by atoms with van der Waals surface area (Å²) in [7, 11) is 0. The third kappa shape index (κ3) is 4.29. The molecule has 16 heavy (non-hydrogen) atoms. The summed E-state index contributed by atoms with van der Waals surface area (Å²) in [5.41, 5.74) is 0.905. The van der Waals surface area contributed by atoms with Crippen molar-refractivity contribution >= 4 is 5.95 Å². The molecule has 4 heteroatoms. The second-order valence-electron chi connectivity index (χ2n) is 3.52. The molecule has 1 N–H and O–H groups in total. The monoisotopic (exact) mass is 221 g/mol. The Morgan fingerprint density at radius 3 is 3.00 bits per heavy atom. The number of anilines is 1. The van der Waals surface area contributed by atoms with Gasteiger partial charge in [-0.1, -0.05) is 13.0 Å². The molecule has 0 atom stereocenters. The van der Waals surface area contributed by atoms with Gasteiger partial charge in [-0.3, -0.25) is 0 Å². The number of nitrogens with zero attached hydrogens (tertiary/aromatic N) is 2. The normalized spacial score (nSPS) is 9.88. The first kappa shape index (κ1) is 12.5. The highest BCUT2D eigenvalue weighted by molar-refractivity contribution is 5.30. The molecule has 0 fully saturated rings. The van der Waals surface area contributed by atoms with Crippen LogP contribution in [0.15, 0.2) is 18.7 Å². The number of hydrogen-bond acceptors (Lipinski definition) is 4. The van der Waals surface area contributed by atoms with Crippen molar-refractivity contribution < 1.29 is 4.74 Å². The second-order valence-corrected chi connectivity index (χ2v) is 3.52. The van der Waals surface area contributed by atoms with Gasteiger partial charge in [0, 0.05) is 18.3 Å². The van der Waals surface area contributed by atoms with Crippen LogP contribution < -0.4 is 10.1 Å². The summed E-state index contributed by atoms with van der Waals surface area (Å²) >= 11 is 0. The molecular formula is C12H19N3O. The number of aromatic nitrogens is 2. The van der Waals surface area contributed by atoms with E-state index in [0.717, 1.165) is 25.1 Å². The Balaban J connectivity index is 2.61. The van der Waals surface area contributed by atoms with Crippen LogP contribution in [0.25, 0.3) is 0 Å². The summed E-state index contributed by atoms with van der Waals surface area (Å²) in [5, 5.41) is 3.13. The third-order valence-corrected chi connectivity index (χ3v) is 1.92. The highest BCUT2D eigenvalue weighted by Crippen LogP contribution is 2.12. The standard InChI is InChI=1S/C12H19N3O/c1-4-6-7-13-12-14-10(3)9-11(15-12)16-8-5-2/h4,9H,1,5-8H2,2-3H3,(H,13,14,15). The fraction of sp³-hybridized carbons (Fsp3) is 0.500. The van der Waals surface area contributed by atoms with Crippen molar-refractivity contribution in [3.8, 4) is 5.88 Å². The molecule has 0 spiro atoms. The number of hydrogen-bond donors (Lipinski definition) is 1. The first-order valence-corrected chi connectivity index (χ1v) is 5.59. The largest absolute Gasteiger partial charge is 0.478 e. The molecule has 0 saturated carbocycles. The average Bonchev–Trinajstić information content (AvgIpc) is 2.26. The minimum Gasteiger partial charge on any atom is -0.478 e. The predicted molar refractivity (Wildman–Crippen MR) is 65.9 cm³/mol. The molecule has 0 aromatic carbocycles. The van der Waals surface area contributed by atoms with Gasteiger partial charge in [0.1, 0.15) is 0 Å². The van der Waals surface area contributed by atoms with Crippen LogP contribution in [0.4, 0.5) is 5.95 Å². The summed E-state index contributed by atoms with van der Waals surface area (Å²) in [4.78, 5) is 8.54. The maximum Gasteiger partial charge on any atom is 0.226 e. The molecule has 0 bridgehead atoms. The lowest BCUT2D eigenvalue weighted by Crippen LogP contribution is -2.07. The van der Waals surface area contributed by atoms with Gasteiger partial charge in [0.15, 0.2) is 0 Å². The number of ether oxygens (including phenoxy) is 1. The van der Waals surface area contributed by atoms with E-state index < -0.39 is 0 Å². The predicted octanol–water partition coefficient (Wildman–Crippen LogP) is 2.56. The Hall–Kier alpha value is -1.58. The van der Waals surface area contributed by atoms with E-state index in [2.05, 4.69) is 28.8 Å². The summed E-state index contributed by atoms with van der Waals surface area (Å²) in [6.07, 6.45) is 3.72. The molecule has 0 amide bonds. The topological polar surface area (TPSA) is 47.0 Å². The van der Waals surface area contributed by atoms with Crippen LogP contribution in [0.1, 0.15) is 25.5 Å². The van der Waals surface area contributed by atoms with Crippen LogP contribution in [-0.2, 0) is 0 Å². The zero-order chi connectivity index (χ0) is 11.8. The van der Waals surface area contributed by atoms with Gasteiger partial charge >= 0.3 is 0 Å². The molecule has 0 radical (unpaired) electrons. The van der Waals surface area contributed by atoms with Crippen LogP contribution in [0.5, 0.6) is 5.88 Å². The van der Waals surface area contributed by atoms with E-state index in [0.29, 0.717) is 18.4 Å². The molecule has 88 valence electrons. The SMILES string of the molecule is C=CCCNc1nc(C)cc(OCCC)n1. The molecule has 1 heterocycles. The lowest BCUT2D eigenvalue weighted by atomic mass is 10.4. The van der Waals surface area contributed by atoms with Gasteiger partial charge in [0.2, 0.25) is 11.8 Å². The van der Waals surface area contributed by atoms with Gasteiger partial charge in [-0.05, 0) is 19.8 Å². The smallest absolute Gasteiger partial charge is 0.226 e. The van der Waals surface area contributed by atoms with Gasteiger partial charge in [-0.2, -0.15) is 4.98 Å². The van der Waals surface area contributed by atoms with Crippen LogP contribution in [-0.4, -0.2) is 23.1 Å². The number of rotatable bonds is 7. The van der Waals surface area contributed by atoms with E-state index in [1.54, 1.807) is 0 Å². The molecule has 0 saturated heterocycles. The lowest BCUT2D eigenvalue weighted by molar-refractivity contribution is 0.305. The van der Waals surface area contributed by atoms with Crippen LogP contribution >= 0.6 is 0 Å². The van der Waals surface area contributed by atoms with E-state index in [1.807, 2.05) is 19.1 Å². The molecule has 4 nitrogen and oxygen atoms in total. The molecular weight excluding hydrogens is 202 g/mol. The van der Waals surface area contributed by atoms with Crippen LogP contribution in [0, 0.1) is 6.92 Å². The Morgan fingerprint density at radius 1 is 1.50 bits per heavy atom. The lowest BCUT2D eigenvalue weighted by Gasteiger charge is -2.08. The van der Waals surface area contributed by atoms with E-state index >= 15 is 0 Å². The molecule has 0 aliphatic heterocycles. The van der Waals surface area contributed by atoms with Gasteiger partial charge in [0.05, 0.1) is 6.61 Å². The molecule has 0 unspecified atom stereocenters. The summed E-state index contributed by atoms with van der Waals surface area (Å²) in [5.74, 6) is 1.25. The van der Waals surface area contributed by atoms with Crippen molar-refractivity contribution in [1.82, 2.24) is 9.97 Å². The quantitative estimate of drug-likeness (QED) is 0.568. The summed E-state index contributed by atoms with van der Waals surface area (Å²) in [6.45, 7) is 9.13. The minimum absolute atomic E-state index is 0.618. The molecule has 1 rings (SSSR count). The first-order valence-electron chi connectivity index (χ1n) is 5.59. The average molecular weight is 221 g/mol. The van der Waals surface area contributed by atoms with E-state index in [9.17, 15) is 0 Å². The van der Waals surface area contributed by atoms with Crippen molar-refractivity contribution in [3.63, 3.8) is 0 Å². The third-order valence-electron chi connectivity index (χ3n) is 1.92. The Bertz CT molecular complexity index is 339. The van der Waals surface area contributed by atoms with Crippen LogP contribution in [0.3, 0.4) is 0 Å². The minimum atomic E-state index is 0.618. The highest BCUT2D eigenvalue weighted by Gasteiger charge is 2.01. The zero-order valence-electron chi connectivity index (χ0n) is 9.99. The van der Waals surface area contributed by atoms with E-state index in [1.165, 1.54) is 0 Å².